The van der Waals surface area contributed by atoms with Crippen LogP contribution in [0.25, 0.3) is 10.2 Å². The zero-order valence-electron chi connectivity index (χ0n) is 15.4. The van der Waals surface area contributed by atoms with Crippen LogP contribution in [-0.4, -0.2) is 28.7 Å². The summed E-state index contributed by atoms with van der Waals surface area (Å²) in [6.07, 6.45) is -0.0293. The number of nitrogens with zero attached hydrogens (tertiary/aromatic N) is 2. The number of benzene rings is 2. The fourth-order valence-corrected chi connectivity index (χ4v) is 5.29. The first-order valence-electron chi connectivity index (χ1n) is 8.93. The summed E-state index contributed by atoms with van der Waals surface area (Å²) < 4.78 is 32.5. The van der Waals surface area contributed by atoms with Crippen LogP contribution in [0, 0.1) is 11.6 Å². The Morgan fingerprint density at radius 1 is 1.24 bits per heavy atom. The van der Waals surface area contributed by atoms with Crippen LogP contribution in [-0.2, 0) is 20.9 Å². The highest BCUT2D eigenvalue weighted by atomic mass is 32.2. The second-order valence-electron chi connectivity index (χ2n) is 6.35. The van der Waals surface area contributed by atoms with Crippen molar-refractivity contribution in [2.24, 2.45) is 0 Å². The van der Waals surface area contributed by atoms with E-state index in [1.54, 1.807) is 11.8 Å². The molecule has 0 saturated carbocycles. The van der Waals surface area contributed by atoms with Gasteiger partial charge in [0.15, 0.2) is 11.6 Å². The van der Waals surface area contributed by atoms with E-state index in [0.29, 0.717) is 15.2 Å². The van der Waals surface area contributed by atoms with Gasteiger partial charge >= 0.3 is 5.97 Å². The van der Waals surface area contributed by atoms with Gasteiger partial charge in [-0.3, -0.25) is 9.59 Å². The maximum Gasteiger partial charge on any atom is 0.307 e. The molecule has 4 rings (SSSR count). The molecule has 5 nitrogen and oxygen atoms in total. The summed E-state index contributed by atoms with van der Waals surface area (Å²) >= 11 is 2.54. The number of hydrogen-bond acceptors (Lipinski definition) is 6. The molecule has 2 heterocycles. The fraction of sp³-hybridized carbons (Fsp3) is 0.250. The van der Waals surface area contributed by atoms with Crippen LogP contribution >= 0.6 is 23.1 Å². The molecule has 1 aromatic heterocycles. The normalized spacial score (nSPS) is 16.2. The lowest BCUT2D eigenvalue weighted by molar-refractivity contribution is -0.144. The Labute approximate surface area is 173 Å². The van der Waals surface area contributed by atoms with Gasteiger partial charge in [0.25, 0.3) is 0 Å². The van der Waals surface area contributed by atoms with E-state index in [9.17, 15) is 18.4 Å². The molecule has 1 aliphatic heterocycles. The second kappa shape index (κ2) is 8.08. The lowest BCUT2D eigenvalue weighted by Gasteiger charge is -2.32. The Bertz CT molecular complexity index is 1060. The average Bonchev–Trinajstić information content (AvgIpc) is 3.06. The van der Waals surface area contributed by atoms with Crippen LogP contribution in [0.5, 0.6) is 0 Å². The van der Waals surface area contributed by atoms with E-state index >= 15 is 0 Å². The van der Waals surface area contributed by atoms with E-state index in [1.165, 1.54) is 23.1 Å². The minimum Gasteiger partial charge on any atom is -0.466 e. The Morgan fingerprint density at radius 2 is 2.00 bits per heavy atom. The predicted octanol–water partition coefficient (Wildman–Crippen LogP) is 4.54. The molecule has 2 aromatic carbocycles. The molecule has 0 aliphatic carbocycles. The smallest absolute Gasteiger partial charge is 0.307 e. The van der Waals surface area contributed by atoms with Crippen molar-refractivity contribution in [3.63, 3.8) is 0 Å². The molecule has 1 amide bonds. The Hall–Kier alpha value is -2.52. The zero-order valence-corrected chi connectivity index (χ0v) is 17.0. The number of aromatic nitrogens is 1. The summed E-state index contributed by atoms with van der Waals surface area (Å²) in [4.78, 5) is 31.8. The van der Waals surface area contributed by atoms with E-state index in [2.05, 4.69) is 4.98 Å². The van der Waals surface area contributed by atoms with Gasteiger partial charge in [-0.15, -0.1) is 23.1 Å². The van der Waals surface area contributed by atoms with Crippen LogP contribution < -0.4 is 4.90 Å². The maximum atomic E-state index is 13.5. The first kappa shape index (κ1) is 19.8. The molecule has 0 saturated heterocycles. The fourth-order valence-electron chi connectivity index (χ4n) is 3.11. The van der Waals surface area contributed by atoms with Gasteiger partial charge < -0.3 is 9.64 Å². The average molecular weight is 434 g/mol. The number of esters is 1. The summed E-state index contributed by atoms with van der Waals surface area (Å²) in [6.45, 7) is 2.12. The number of carbonyl (C=O) groups excluding carboxylic acids is 2. The highest BCUT2D eigenvalue weighted by Gasteiger charge is 2.35. The molecule has 1 aliphatic rings. The van der Waals surface area contributed by atoms with Crippen molar-refractivity contribution in [1.29, 1.82) is 0 Å². The number of fused-ring (bicyclic) bond motifs is 2. The molecule has 9 heteroatoms. The van der Waals surface area contributed by atoms with Gasteiger partial charge in [0, 0.05) is 11.0 Å². The van der Waals surface area contributed by atoms with Crippen LogP contribution in [0.3, 0.4) is 0 Å². The van der Waals surface area contributed by atoms with Crippen molar-refractivity contribution in [3.8, 4) is 0 Å². The molecule has 1 unspecified atom stereocenters. The summed E-state index contributed by atoms with van der Waals surface area (Å²) in [5.74, 6) is -2.54. The SMILES string of the molecule is CCOC(=O)CC1Sc2ccccc2N(Cc2nc3cc(F)c(F)cc3s2)C1=O. The lowest BCUT2D eigenvalue weighted by atomic mass is 10.2. The monoisotopic (exact) mass is 434 g/mol. The number of thiazole rings is 1. The van der Waals surface area contributed by atoms with Crippen molar-refractivity contribution in [2.45, 2.75) is 30.0 Å². The Morgan fingerprint density at radius 3 is 2.79 bits per heavy atom. The largest absolute Gasteiger partial charge is 0.466 e. The van der Waals surface area contributed by atoms with Gasteiger partial charge in [0.2, 0.25) is 5.91 Å². The summed E-state index contributed by atoms with van der Waals surface area (Å²) in [6, 6.07) is 9.57. The molecule has 29 heavy (non-hydrogen) atoms. The highest BCUT2D eigenvalue weighted by molar-refractivity contribution is 8.01. The number of para-hydroxylation sites is 1. The molecule has 1 atom stereocenters. The quantitative estimate of drug-likeness (QED) is 0.552. The van der Waals surface area contributed by atoms with Crippen molar-refractivity contribution < 1.29 is 23.1 Å². The van der Waals surface area contributed by atoms with Crippen molar-refractivity contribution in [1.82, 2.24) is 4.98 Å². The zero-order chi connectivity index (χ0) is 20.5. The number of amides is 1. The number of halogens is 2. The van der Waals surface area contributed by atoms with E-state index in [1.807, 2.05) is 24.3 Å². The van der Waals surface area contributed by atoms with Crippen molar-refractivity contribution in [3.05, 3.63) is 53.0 Å². The van der Waals surface area contributed by atoms with Gasteiger partial charge in [0.05, 0.1) is 40.7 Å². The van der Waals surface area contributed by atoms with Gasteiger partial charge in [0.1, 0.15) is 5.01 Å². The lowest BCUT2D eigenvalue weighted by Crippen LogP contribution is -2.41. The second-order valence-corrected chi connectivity index (χ2v) is 8.71. The van der Waals surface area contributed by atoms with Crippen LogP contribution in [0.2, 0.25) is 0 Å². The topological polar surface area (TPSA) is 59.5 Å². The van der Waals surface area contributed by atoms with Gasteiger partial charge in [-0.2, -0.15) is 0 Å². The molecule has 0 bridgehead atoms. The van der Waals surface area contributed by atoms with Crippen LogP contribution in [0.4, 0.5) is 14.5 Å². The molecule has 0 radical (unpaired) electrons. The Balaban J connectivity index is 1.65. The summed E-state index contributed by atoms with van der Waals surface area (Å²) in [5.41, 5.74) is 1.07. The molecule has 0 N–H and O–H groups in total. The number of carbonyl (C=O) groups is 2. The predicted molar refractivity (Wildman–Crippen MR) is 108 cm³/mol. The summed E-state index contributed by atoms with van der Waals surface area (Å²) in [5, 5.41) is -0.0526. The first-order valence-corrected chi connectivity index (χ1v) is 10.6. The first-order chi connectivity index (χ1) is 14.0. The van der Waals surface area contributed by atoms with Crippen molar-refractivity contribution >= 4 is 50.9 Å². The van der Waals surface area contributed by atoms with Gasteiger partial charge in [-0.25, -0.2) is 13.8 Å². The number of thioether (sulfide) groups is 1. The number of rotatable bonds is 5. The van der Waals surface area contributed by atoms with Gasteiger partial charge in [-0.05, 0) is 25.1 Å². The third kappa shape index (κ3) is 3.97. The standard InChI is InChI=1S/C20H16F2N2O3S2/c1-2-27-19(25)9-17-20(26)24(14-5-3-4-6-15(14)28-17)10-18-23-13-7-11(21)12(22)8-16(13)29-18/h3-8,17H,2,9-10H2,1H3. The van der Waals surface area contributed by atoms with Crippen molar-refractivity contribution in [2.75, 3.05) is 11.5 Å². The molecule has 0 spiro atoms. The third-order valence-corrected chi connectivity index (χ3v) is 6.65. The minimum absolute atomic E-state index is 0.0293. The number of anilines is 1. The molecule has 0 fully saturated rings. The van der Waals surface area contributed by atoms with Crippen LogP contribution in [0.1, 0.15) is 18.4 Å². The van der Waals surface area contributed by atoms with E-state index in [-0.39, 0.29) is 25.5 Å². The maximum absolute atomic E-state index is 13.5. The van der Waals surface area contributed by atoms with E-state index in [4.69, 9.17) is 4.74 Å². The number of hydrogen-bond donors (Lipinski definition) is 0. The van der Waals surface area contributed by atoms with Crippen LogP contribution in [0.15, 0.2) is 41.3 Å². The molecular weight excluding hydrogens is 418 g/mol. The molecule has 150 valence electrons. The van der Waals surface area contributed by atoms with E-state index in [0.717, 1.165) is 22.7 Å². The minimum atomic E-state index is -0.959. The third-order valence-electron chi connectivity index (χ3n) is 4.39. The van der Waals surface area contributed by atoms with E-state index < -0.39 is 22.9 Å². The molecule has 3 aromatic rings. The summed E-state index contributed by atoms with van der Waals surface area (Å²) in [7, 11) is 0. The Kier molecular flexibility index (Phi) is 5.51. The number of ether oxygens (including phenoxy) is 1. The van der Waals surface area contributed by atoms with Gasteiger partial charge in [-0.1, -0.05) is 12.1 Å². The molecular formula is C20H16F2N2O3S2. The highest BCUT2D eigenvalue weighted by Crippen LogP contribution is 2.41.